The Hall–Kier alpha value is -2.77. The molecule has 2 rings (SSSR count). The first-order chi connectivity index (χ1) is 14.2. The summed E-state index contributed by atoms with van der Waals surface area (Å²) in [5, 5.41) is 17.8. The zero-order valence-corrected chi connectivity index (χ0v) is 17.6. The van der Waals surface area contributed by atoms with Crippen LogP contribution in [0.4, 0.5) is 0 Å². The number of sulfonamides is 1. The van der Waals surface area contributed by atoms with Crippen LogP contribution in [0.1, 0.15) is 27.4 Å². The number of aliphatic imine (C=N–C) groups is 1. The molecule has 0 radical (unpaired) electrons. The van der Waals surface area contributed by atoms with Crippen LogP contribution in [-0.2, 0) is 26.0 Å². The molecule has 2 heterocycles. The van der Waals surface area contributed by atoms with E-state index in [1.807, 2.05) is 4.72 Å². The average molecular weight is 458 g/mol. The summed E-state index contributed by atoms with van der Waals surface area (Å²) in [7, 11) is -3.96. The van der Waals surface area contributed by atoms with Crippen molar-refractivity contribution in [2.75, 3.05) is 19.6 Å². The van der Waals surface area contributed by atoms with Crippen LogP contribution in [0.2, 0.25) is 0 Å². The van der Waals surface area contributed by atoms with Gasteiger partial charge in [-0.05, 0) is 25.0 Å². The van der Waals surface area contributed by atoms with Gasteiger partial charge in [0.25, 0.3) is 5.91 Å². The van der Waals surface area contributed by atoms with Gasteiger partial charge >= 0.3 is 5.97 Å². The van der Waals surface area contributed by atoms with Crippen molar-refractivity contribution in [1.82, 2.24) is 20.7 Å². The third-order valence-electron chi connectivity index (χ3n) is 3.93. The van der Waals surface area contributed by atoms with Gasteiger partial charge in [-0.25, -0.2) is 8.42 Å². The van der Waals surface area contributed by atoms with Crippen LogP contribution in [0.25, 0.3) is 0 Å². The van der Waals surface area contributed by atoms with Gasteiger partial charge in [-0.15, -0.1) is 11.3 Å². The van der Waals surface area contributed by atoms with Crippen molar-refractivity contribution in [2.45, 2.75) is 25.3 Å². The Morgan fingerprint density at radius 1 is 1.37 bits per heavy atom. The minimum absolute atomic E-state index is 0.193. The zero-order chi connectivity index (χ0) is 22.1. The lowest BCUT2D eigenvalue weighted by molar-refractivity contribution is -0.138. The zero-order valence-electron chi connectivity index (χ0n) is 16.0. The Bertz CT molecular complexity index is 940. The highest BCUT2D eigenvalue weighted by Gasteiger charge is 2.23. The number of nitrogens with one attached hydrogen (secondary N) is 4. The number of hydrogen-bond donors (Lipinski definition) is 5. The van der Waals surface area contributed by atoms with Crippen LogP contribution in [0.3, 0.4) is 0 Å². The van der Waals surface area contributed by atoms with E-state index in [-0.39, 0.29) is 12.3 Å². The van der Waals surface area contributed by atoms with Crippen molar-refractivity contribution in [3.8, 4) is 0 Å². The Labute approximate surface area is 177 Å². The fourth-order valence-electron chi connectivity index (χ4n) is 2.39. The molecule has 164 valence electrons. The highest BCUT2D eigenvalue weighted by Crippen LogP contribution is 2.18. The lowest BCUT2D eigenvalue weighted by Crippen LogP contribution is -2.47. The Morgan fingerprint density at radius 3 is 2.77 bits per heavy atom. The molecule has 2 amide bonds. The Morgan fingerprint density at radius 2 is 2.13 bits per heavy atom. The number of rotatable bonds is 10. The number of hydrogen-bond acceptors (Lipinski definition) is 8. The summed E-state index contributed by atoms with van der Waals surface area (Å²) < 4.78 is 24.8. The van der Waals surface area contributed by atoms with E-state index in [0.717, 1.165) is 17.8 Å². The molecule has 1 unspecified atom stereocenters. The van der Waals surface area contributed by atoms with Gasteiger partial charge in [0.15, 0.2) is 5.96 Å². The normalized spacial score (nSPS) is 14.7. The van der Waals surface area contributed by atoms with Crippen molar-refractivity contribution in [1.29, 1.82) is 0 Å². The van der Waals surface area contributed by atoms with Gasteiger partial charge in [-0.1, -0.05) is 6.58 Å². The van der Waals surface area contributed by atoms with E-state index in [2.05, 4.69) is 27.5 Å². The molecule has 1 atom stereocenters. The second-order valence-electron chi connectivity index (χ2n) is 6.26. The quantitative estimate of drug-likeness (QED) is 0.312. The standard InChI is InChI=1S/C17H23N5O6S2/c1-2-30(27,28)22-12(16(25)26)10-20-15(24)13-6-4-11(29-13)5-7-14(23)21-17-18-8-3-9-19-17/h2,4,6,12,22H,1,3,5,7-10H2,(H,20,24)(H,25,26)(H2,18,19,21,23). The molecule has 0 spiro atoms. The maximum absolute atomic E-state index is 12.2. The molecule has 0 aliphatic carbocycles. The third-order valence-corrected chi connectivity index (χ3v) is 6.13. The molecule has 1 aromatic heterocycles. The molecule has 0 bridgehead atoms. The lowest BCUT2D eigenvalue weighted by atomic mass is 10.2. The maximum Gasteiger partial charge on any atom is 0.323 e. The molecule has 13 heteroatoms. The molecule has 11 nitrogen and oxygen atoms in total. The number of carbonyl (C=O) groups excluding carboxylic acids is 2. The summed E-state index contributed by atoms with van der Waals surface area (Å²) in [6, 6.07) is 1.73. The summed E-state index contributed by atoms with van der Waals surface area (Å²) in [4.78, 5) is 40.7. The molecule has 1 aliphatic heterocycles. The summed E-state index contributed by atoms with van der Waals surface area (Å²) in [6.07, 6.45) is 1.56. The number of nitrogens with zero attached hydrogens (tertiary/aromatic N) is 1. The number of guanidine groups is 1. The monoisotopic (exact) mass is 457 g/mol. The maximum atomic E-state index is 12.2. The second-order valence-corrected chi connectivity index (χ2v) is 9.08. The first-order valence-electron chi connectivity index (χ1n) is 9.03. The summed E-state index contributed by atoms with van der Waals surface area (Å²) in [5.74, 6) is -1.70. The van der Waals surface area contributed by atoms with Crippen molar-refractivity contribution in [3.63, 3.8) is 0 Å². The number of aryl methyl sites for hydroxylation is 1. The molecule has 1 aromatic rings. The van der Waals surface area contributed by atoms with Crippen molar-refractivity contribution >= 4 is 45.1 Å². The molecule has 0 saturated heterocycles. The van der Waals surface area contributed by atoms with E-state index in [9.17, 15) is 22.8 Å². The number of carbonyl (C=O) groups is 3. The van der Waals surface area contributed by atoms with E-state index in [4.69, 9.17) is 5.11 Å². The van der Waals surface area contributed by atoms with E-state index in [0.29, 0.717) is 29.2 Å². The molecule has 1 aliphatic rings. The van der Waals surface area contributed by atoms with Crippen LogP contribution < -0.4 is 20.7 Å². The number of carboxylic acids is 1. The summed E-state index contributed by atoms with van der Waals surface area (Å²) >= 11 is 1.17. The predicted molar refractivity (Wildman–Crippen MR) is 112 cm³/mol. The molecule has 0 aromatic carbocycles. The minimum Gasteiger partial charge on any atom is -0.480 e. The van der Waals surface area contributed by atoms with Gasteiger partial charge in [-0.3, -0.25) is 24.7 Å². The minimum atomic E-state index is -3.96. The van der Waals surface area contributed by atoms with Crippen molar-refractivity contribution in [3.05, 3.63) is 33.9 Å². The molecular weight excluding hydrogens is 434 g/mol. The van der Waals surface area contributed by atoms with Gasteiger partial charge in [0.2, 0.25) is 15.9 Å². The van der Waals surface area contributed by atoms with Crippen molar-refractivity contribution < 1.29 is 27.9 Å². The topological polar surface area (TPSA) is 166 Å². The molecule has 5 N–H and O–H groups in total. The lowest BCUT2D eigenvalue weighted by Gasteiger charge is -2.14. The summed E-state index contributed by atoms with van der Waals surface area (Å²) in [5.41, 5.74) is 0. The van der Waals surface area contributed by atoms with Crippen LogP contribution in [0.15, 0.2) is 29.1 Å². The molecular formula is C17H23N5O6S2. The molecule has 0 fully saturated rings. The predicted octanol–water partition coefficient (Wildman–Crippen LogP) is -0.608. The van der Waals surface area contributed by atoms with E-state index in [1.165, 1.54) is 11.3 Å². The smallest absolute Gasteiger partial charge is 0.323 e. The van der Waals surface area contributed by atoms with E-state index in [1.54, 1.807) is 12.1 Å². The van der Waals surface area contributed by atoms with Crippen LogP contribution in [0, 0.1) is 0 Å². The molecule has 0 saturated carbocycles. The van der Waals surface area contributed by atoms with Gasteiger partial charge < -0.3 is 15.7 Å². The van der Waals surface area contributed by atoms with Crippen LogP contribution in [0.5, 0.6) is 0 Å². The first kappa shape index (κ1) is 23.5. The number of amides is 2. The molecule has 30 heavy (non-hydrogen) atoms. The fourth-order valence-corrected chi connectivity index (χ4v) is 3.99. The summed E-state index contributed by atoms with van der Waals surface area (Å²) in [6.45, 7) is 4.08. The fraction of sp³-hybridized carbons (Fsp3) is 0.412. The largest absolute Gasteiger partial charge is 0.480 e. The number of thiophene rings is 1. The Balaban J connectivity index is 1.83. The van der Waals surface area contributed by atoms with Crippen LogP contribution in [-0.4, -0.2) is 62.9 Å². The highest BCUT2D eigenvalue weighted by atomic mass is 32.2. The second kappa shape index (κ2) is 10.8. The van der Waals surface area contributed by atoms with Gasteiger partial charge in [0.05, 0.1) is 4.88 Å². The highest BCUT2D eigenvalue weighted by molar-refractivity contribution is 7.92. The average Bonchev–Trinajstić information content (AvgIpc) is 3.19. The van der Waals surface area contributed by atoms with Crippen LogP contribution >= 0.6 is 11.3 Å². The van der Waals surface area contributed by atoms with Gasteiger partial charge in [-0.2, -0.15) is 4.72 Å². The van der Waals surface area contributed by atoms with Gasteiger partial charge in [0, 0.05) is 36.3 Å². The first-order valence-corrected chi connectivity index (χ1v) is 11.4. The Kier molecular flexibility index (Phi) is 8.50. The van der Waals surface area contributed by atoms with Gasteiger partial charge in [0.1, 0.15) is 6.04 Å². The van der Waals surface area contributed by atoms with E-state index >= 15 is 0 Å². The van der Waals surface area contributed by atoms with Crippen molar-refractivity contribution in [2.24, 2.45) is 4.99 Å². The SMILES string of the molecule is C=CS(=O)(=O)NC(CNC(=O)c1ccc(CCC(=O)NC2=NCCCN2)s1)C(=O)O. The third kappa shape index (κ3) is 7.57. The number of aliphatic carboxylic acids is 1. The number of carboxylic acid groups (broad SMARTS) is 1. The van der Waals surface area contributed by atoms with E-state index < -0.39 is 34.5 Å².